The molecule has 1 aliphatic rings. The number of rotatable bonds is 5. The SMILES string of the molecule is CC(C)(C)c1ccc(C(CSC2CCCCC2)NN)cc1. The van der Waals surface area contributed by atoms with Crippen molar-refractivity contribution in [2.24, 2.45) is 5.84 Å². The van der Waals surface area contributed by atoms with E-state index in [-0.39, 0.29) is 11.5 Å². The Labute approximate surface area is 134 Å². The molecule has 1 aromatic rings. The summed E-state index contributed by atoms with van der Waals surface area (Å²) in [6, 6.07) is 9.19. The summed E-state index contributed by atoms with van der Waals surface area (Å²) in [5.41, 5.74) is 5.88. The van der Waals surface area contributed by atoms with Crippen molar-refractivity contribution in [3.05, 3.63) is 35.4 Å². The van der Waals surface area contributed by atoms with Gasteiger partial charge in [-0.15, -0.1) is 0 Å². The van der Waals surface area contributed by atoms with Crippen molar-refractivity contribution in [2.75, 3.05) is 5.75 Å². The van der Waals surface area contributed by atoms with Gasteiger partial charge in [0.05, 0.1) is 6.04 Å². The Morgan fingerprint density at radius 2 is 1.76 bits per heavy atom. The fraction of sp³-hybridized carbons (Fsp3) is 0.667. The van der Waals surface area contributed by atoms with Gasteiger partial charge >= 0.3 is 0 Å². The molecule has 1 aliphatic carbocycles. The van der Waals surface area contributed by atoms with Gasteiger partial charge in [-0.3, -0.25) is 11.3 Å². The van der Waals surface area contributed by atoms with Gasteiger partial charge in [-0.1, -0.05) is 64.3 Å². The van der Waals surface area contributed by atoms with Crippen molar-refractivity contribution >= 4 is 11.8 Å². The van der Waals surface area contributed by atoms with Gasteiger partial charge in [-0.25, -0.2) is 0 Å². The third kappa shape index (κ3) is 5.01. The van der Waals surface area contributed by atoms with Crippen LogP contribution in [0.2, 0.25) is 0 Å². The van der Waals surface area contributed by atoms with Gasteiger partial charge in [0.25, 0.3) is 0 Å². The lowest BCUT2D eigenvalue weighted by Crippen LogP contribution is -2.30. The van der Waals surface area contributed by atoms with Crippen LogP contribution >= 0.6 is 11.8 Å². The second-order valence-electron chi connectivity index (χ2n) is 7.18. The van der Waals surface area contributed by atoms with E-state index < -0.39 is 0 Å². The molecule has 21 heavy (non-hydrogen) atoms. The van der Waals surface area contributed by atoms with Crippen molar-refractivity contribution in [3.63, 3.8) is 0 Å². The van der Waals surface area contributed by atoms with Crippen molar-refractivity contribution in [2.45, 2.75) is 69.6 Å². The molecule has 0 spiro atoms. The molecular weight excluding hydrogens is 276 g/mol. The van der Waals surface area contributed by atoms with Gasteiger partial charge in [0.15, 0.2) is 0 Å². The van der Waals surface area contributed by atoms with Gasteiger partial charge in [0.2, 0.25) is 0 Å². The quantitative estimate of drug-likeness (QED) is 0.619. The van der Waals surface area contributed by atoms with E-state index in [1.54, 1.807) is 0 Å². The highest BCUT2D eigenvalue weighted by Gasteiger charge is 2.18. The Bertz CT molecular complexity index is 416. The first-order valence-electron chi connectivity index (χ1n) is 8.19. The number of benzene rings is 1. The normalized spacial score (nSPS) is 18.7. The molecular formula is C18H30N2S. The van der Waals surface area contributed by atoms with Crippen LogP contribution in [0.4, 0.5) is 0 Å². The Morgan fingerprint density at radius 3 is 2.29 bits per heavy atom. The lowest BCUT2D eigenvalue weighted by molar-refractivity contribution is 0.514. The molecule has 2 nitrogen and oxygen atoms in total. The van der Waals surface area contributed by atoms with Gasteiger partial charge < -0.3 is 0 Å². The Hall–Kier alpha value is -0.510. The summed E-state index contributed by atoms with van der Waals surface area (Å²) in [6.45, 7) is 6.75. The largest absolute Gasteiger partial charge is 0.271 e. The molecule has 1 aromatic carbocycles. The molecule has 1 saturated carbocycles. The van der Waals surface area contributed by atoms with E-state index in [1.165, 1.54) is 43.2 Å². The standard InChI is InChI=1S/C18H30N2S/c1-18(2,3)15-11-9-14(10-12-15)17(20-19)13-21-16-7-5-4-6-8-16/h9-12,16-17,20H,4-8,13,19H2,1-3H3. The van der Waals surface area contributed by atoms with E-state index in [1.807, 2.05) is 0 Å². The van der Waals surface area contributed by atoms with Crippen molar-refractivity contribution in [1.29, 1.82) is 0 Å². The summed E-state index contributed by atoms with van der Waals surface area (Å²) in [4.78, 5) is 0. The second kappa shape index (κ2) is 7.66. The number of hydrazine groups is 1. The smallest absolute Gasteiger partial charge is 0.0550 e. The lowest BCUT2D eigenvalue weighted by Gasteiger charge is -2.24. The first-order valence-corrected chi connectivity index (χ1v) is 9.24. The van der Waals surface area contributed by atoms with Crippen LogP contribution in [0, 0.1) is 0 Å². The summed E-state index contributed by atoms with van der Waals surface area (Å²) >= 11 is 2.09. The number of nitrogens with two attached hydrogens (primary N) is 1. The first kappa shape index (κ1) is 16.9. The molecule has 0 aromatic heterocycles. The second-order valence-corrected chi connectivity index (χ2v) is 8.52. The topological polar surface area (TPSA) is 38.0 Å². The summed E-state index contributed by atoms with van der Waals surface area (Å²) in [5.74, 6) is 6.85. The molecule has 1 unspecified atom stereocenters. The fourth-order valence-electron chi connectivity index (χ4n) is 2.92. The maximum Gasteiger partial charge on any atom is 0.0550 e. The van der Waals surface area contributed by atoms with Crippen LogP contribution in [-0.2, 0) is 5.41 Å². The molecule has 0 saturated heterocycles. The van der Waals surface area contributed by atoms with Crippen LogP contribution in [-0.4, -0.2) is 11.0 Å². The molecule has 1 fully saturated rings. The van der Waals surface area contributed by atoms with Crippen LogP contribution < -0.4 is 11.3 Å². The molecule has 0 heterocycles. The molecule has 118 valence electrons. The van der Waals surface area contributed by atoms with E-state index in [9.17, 15) is 0 Å². The molecule has 2 rings (SSSR count). The van der Waals surface area contributed by atoms with E-state index in [0.29, 0.717) is 0 Å². The van der Waals surface area contributed by atoms with Crippen molar-refractivity contribution in [3.8, 4) is 0 Å². The predicted octanol–water partition coefficient (Wildman–Crippen LogP) is 4.55. The molecule has 0 radical (unpaired) electrons. The molecule has 0 amide bonds. The minimum Gasteiger partial charge on any atom is -0.271 e. The molecule has 1 atom stereocenters. The summed E-state index contributed by atoms with van der Waals surface area (Å²) < 4.78 is 0. The van der Waals surface area contributed by atoms with Crippen LogP contribution in [0.1, 0.15) is 70.0 Å². The van der Waals surface area contributed by atoms with Crippen LogP contribution in [0.3, 0.4) is 0 Å². The third-order valence-corrected chi connectivity index (χ3v) is 5.90. The van der Waals surface area contributed by atoms with E-state index in [2.05, 4.69) is 62.2 Å². The molecule has 3 heteroatoms. The molecule has 0 aliphatic heterocycles. The van der Waals surface area contributed by atoms with Crippen LogP contribution in [0.5, 0.6) is 0 Å². The zero-order valence-electron chi connectivity index (χ0n) is 13.7. The highest BCUT2D eigenvalue weighted by molar-refractivity contribution is 7.99. The monoisotopic (exact) mass is 306 g/mol. The molecule has 3 N–H and O–H groups in total. The Morgan fingerprint density at radius 1 is 1.14 bits per heavy atom. The minimum absolute atomic E-state index is 0.209. The summed E-state index contributed by atoms with van der Waals surface area (Å²) in [5, 5.41) is 0.837. The predicted molar refractivity (Wildman–Crippen MR) is 94.5 cm³/mol. The first-order chi connectivity index (χ1) is 10.0. The summed E-state index contributed by atoms with van der Waals surface area (Å²) in [6.07, 6.45) is 6.98. The average Bonchev–Trinajstić information content (AvgIpc) is 2.48. The maximum absolute atomic E-state index is 5.78. The van der Waals surface area contributed by atoms with Crippen molar-refractivity contribution in [1.82, 2.24) is 5.43 Å². The minimum atomic E-state index is 0.209. The van der Waals surface area contributed by atoms with Crippen molar-refractivity contribution < 1.29 is 0 Å². The number of nitrogens with one attached hydrogen (secondary N) is 1. The Kier molecular flexibility index (Phi) is 6.15. The number of thioether (sulfide) groups is 1. The highest BCUT2D eigenvalue weighted by atomic mass is 32.2. The van der Waals surface area contributed by atoms with Gasteiger partial charge in [0.1, 0.15) is 0 Å². The van der Waals surface area contributed by atoms with Crippen LogP contribution in [0.15, 0.2) is 24.3 Å². The number of hydrogen-bond donors (Lipinski definition) is 2. The number of hydrogen-bond acceptors (Lipinski definition) is 3. The van der Waals surface area contributed by atoms with Gasteiger partial charge in [0, 0.05) is 11.0 Å². The third-order valence-electron chi connectivity index (χ3n) is 4.43. The molecule has 0 bridgehead atoms. The van der Waals surface area contributed by atoms with E-state index in [0.717, 1.165) is 11.0 Å². The van der Waals surface area contributed by atoms with E-state index in [4.69, 9.17) is 5.84 Å². The van der Waals surface area contributed by atoms with E-state index >= 15 is 0 Å². The van der Waals surface area contributed by atoms with Crippen LogP contribution in [0.25, 0.3) is 0 Å². The highest BCUT2D eigenvalue weighted by Crippen LogP contribution is 2.31. The zero-order valence-corrected chi connectivity index (χ0v) is 14.5. The van der Waals surface area contributed by atoms with Gasteiger partial charge in [-0.2, -0.15) is 11.8 Å². The average molecular weight is 307 g/mol. The zero-order chi connectivity index (χ0) is 15.3. The lowest BCUT2D eigenvalue weighted by atomic mass is 9.86. The maximum atomic E-state index is 5.78. The Balaban J connectivity index is 1.93. The fourth-order valence-corrected chi connectivity index (χ4v) is 4.34. The summed E-state index contributed by atoms with van der Waals surface area (Å²) in [7, 11) is 0. The van der Waals surface area contributed by atoms with Gasteiger partial charge in [-0.05, 0) is 29.4 Å².